The standard InChI is InChI=1S/C18H19N7O4S2/c1-4-11-5-13-14(29-9-28-13)6-15(11)30-17-21-7-12-16(23-17)25(8-22-12)18(3,19)24-10(2)31(20,26)27/h1,5-8,10,24H,9,19H2,2-3H3,(H2,20,26,27). The summed E-state index contributed by atoms with van der Waals surface area (Å²) in [5, 5.41) is 7.26. The molecule has 1 aromatic carbocycles. The topological polar surface area (TPSA) is 160 Å². The van der Waals surface area contributed by atoms with Crippen molar-refractivity contribution in [3.63, 3.8) is 0 Å². The van der Waals surface area contributed by atoms with Crippen molar-refractivity contribution < 1.29 is 17.9 Å². The molecule has 0 saturated heterocycles. The van der Waals surface area contributed by atoms with Crippen LogP contribution in [0.2, 0.25) is 0 Å². The highest BCUT2D eigenvalue weighted by Gasteiger charge is 2.29. The van der Waals surface area contributed by atoms with E-state index in [0.717, 1.165) is 0 Å². The van der Waals surface area contributed by atoms with Crippen LogP contribution in [-0.2, 0) is 15.8 Å². The van der Waals surface area contributed by atoms with Gasteiger partial charge in [0.25, 0.3) is 0 Å². The summed E-state index contributed by atoms with van der Waals surface area (Å²) in [4.78, 5) is 13.8. The highest BCUT2D eigenvalue weighted by atomic mass is 32.2. The number of imidazole rings is 1. The molecule has 0 amide bonds. The second-order valence-electron chi connectivity index (χ2n) is 6.95. The van der Waals surface area contributed by atoms with Gasteiger partial charge in [0.05, 0.1) is 12.5 Å². The average molecular weight is 462 g/mol. The number of terminal acetylenes is 1. The Labute approximate surface area is 182 Å². The number of aromatic nitrogens is 4. The first kappa shape index (κ1) is 21.3. The molecule has 2 unspecified atom stereocenters. The van der Waals surface area contributed by atoms with Crippen LogP contribution >= 0.6 is 11.8 Å². The third kappa shape index (κ3) is 4.16. The fourth-order valence-corrected chi connectivity index (χ4v) is 4.20. The zero-order chi connectivity index (χ0) is 22.4. The molecule has 3 heterocycles. The van der Waals surface area contributed by atoms with Crippen molar-refractivity contribution in [1.82, 2.24) is 24.8 Å². The molecule has 0 radical (unpaired) electrons. The first-order chi connectivity index (χ1) is 14.6. The molecule has 2 aromatic heterocycles. The van der Waals surface area contributed by atoms with Crippen molar-refractivity contribution in [3.05, 3.63) is 30.2 Å². The third-order valence-electron chi connectivity index (χ3n) is 4.59. The maximum Gasteiger partial charge on any atom is 0.231 e. The smallest absolute Gasteiger partial charge is 0.231 e. The van der Waals surface area contributed by atoms with Gasteiger partial charge >= 0.3 is 0 Å². The maximum absolute atomic E-state index is 11.6. The number of nitrogens with one attached hydrogen (secondary N) is 1. The summed E-state index contributed by atoms with van der Waals surface area (Å²) in [7, 11) is -3.84. The Bertz CT molecular complexity index is 1310. The Morgan fingerprint density at radius 1 is 1.35 bits per heavy atom. The Balaban J connectivity index is 1.69. The van der Waals surface area contributed by atoms with E-state index in [0.29, 0.717) is 38.3 Å². The molecule has 0 saturated carbocycles. The molecule has 0 aliphatic carbocycles. The molecule has 3 aromatic rings. The number of hydrogen-bond acceptors (Lipinski definition) is 10. The lowest BCUT2D eigenvalue weighted by molar-refractivity contribution is 0.174. The second-order valence-corrected chi connectivity index (χ2v) is 9.84. The predicted molar refractivity (Wildman–Crippen MR) is 113 cm³/mol. The molecule has 0 bridgehead atoms. The molecule has 0 fully saturated rings. The van der Waals surface area contributed by atoms with Crippen LogP contribution in [0, 0.1) is 12.3 Å². The van der Waals surface area contributed by atoms with Crippen molar-refractivity contribution in [2.45, 2.75) is 35.1 Å². The zero-order valence-corrected chi connectivity index (χ0v) is 18.2. The van der Waals surface area contributed by atoms with Gasteiger partial charge in [-0.3, -0.25) is 15.6 Å². The SMILES string of the molecule is C#Cc1cc2c(cc1Sc1ncc3ncn(C(C)(N)NC(C)S(N)(=O)=O)c3n1)OCO2. The first-order valence-corrected chi connectivity index (χ1v) is 11.4. The fraction of sp³-hybridized carbons (Fsp3) is 0.278. The fourth-order valence-electron chi connectivity index (χ4n) is 2.97. The monoisotopic (exact) mass is 461 g/mol. The van der Waals surface area contributed by atoms with Crippen molar-refractivity contribution >= 4 is 32.9 Å². The number of hydrogen-bond donors (Lipinski definition) is 3. The van der Waals surface area contributed by atoms with Crippen LogP contribution in [0.25, 0.3) is 11.2 Å². The first-order valence-electron chi connectivity index (χ1n) is 8.95. The number of rotatable bonds is 6. The minimum Gasteiger partial charge on any atom is -0.454 e. The van der Waals surface area contributed by atoms with E-state index in [1.54, 1.807) is 25.3 Å². The average Bonchev–Trinajstić information content (AvgIpc) is 3.32. The minimum atomic E-state index is -3.84. The van der Waals surface area contributed by atoms with Crippen molar-refractivity contribution in [3.8, 4) is 23.8 Å². The van der Waals surface area contributed by atoms with E-state index in [1.807, 2.05) is 0 Å². The quantitative estimate of drug-likeness (QED) is 0.268. The van der Waals surface area contributed by atoms with E-state index in [9.17, 15) is 8.42 Å². The van der Waals surface area contributed by atoms with Crippen LogP contribution in [0.5, 0.6) is 11.5 Å². The second kappa shape index (κ2) is 7.66. The highest BCUT2D eigenvalue weighted by Crippen LogP contribution is 2.39. The molecular weight excluding hydrogens is 442 g/mol. The summed E-state index contributed by atoms with van der Waals surface area (Å²) in [6, 6.07) is 3.50. The van der Waals surface area contributed by atoms with Crippen LogP contribution < -0.4 is 25.7 Å². The van der Waals surface area contributed by atoms with Gasteiger partial charge in [-0.1, -0.05) is 5.92 Å². The Morgan fingerprint density at radius 2 is 2.06 bits per heavy atom. The Kier molecular flexibility index (Phi) is 5.28. The Morgan fingerprint density at radius 3 is 2.74 bits per heavy atom. The van der Waals surface area contributed by atoms with E-state index < -0.39 is 21.2 Å². The number of fused-ring (bicyclic) bond motifs is 2. The summed E-state index contributed by atoms with van der Waals surface area (Å²) in [5.74, 6) is 2.44. The number of nitrogens with zero attached hydrogens (tertiary/aromatic N) is 4. The summed E-state index contributed by atoms with van der Waals surface area (Å²) >= 11 is 1.24. The molecule has 11 nitrogen and oxygen atoms in total. The van der Waals surface area contributed by atoms with E-state index in [2.05, 4.69) is 26.2 Å². The van der Waals surface area contributed by atoms with Gasteiger partial charge < -0.3 is 9.47 Å². The normalized spacial score (nSPS) is 16.1. The molecule has 162 valence electrons. The lowest BCUT2D eigenvalue weighted by Crippen LogP contribution is -2.58. The molecule has 0 spiro atoms. The van der Waals surface area contributed by atoms with Gasteiger partial charge in [0, 0.05) is 16.5 Å². The van der Waals surface area contributed by atoms with Gasteiger partial charge in [0.15, 0.2) is 22.3 Å². The van der Waals surface area contributed by atoms with Gasteiger partial charge in [-0.2, -0.15) is 0 Å². The maximum atomic E-state index is 11.6. The molecular formula is C18H19N7O4S2. The summed E-state index contributed by atoms with van der Waals surface area (Å²) in [6.45, 7) is 3.12. The number of primary sulfonamides is 1. The minimum absolute atomic E-state index is 0.133. The van der Waals surface area contributed by atoms with Crippen molar-refractivity contribution in [2.75, 3.05) is 6.79 Å². The van der Waals surface area contributed by atoms with E-state index in [4.69, 9.17) is 26.8 Å². The molecule has 2 atom stereocenters. The number of benzene rings is 1. The van der Waals surface area contributed by atoms with Gasteiger partial charge in [0.1, 0.15) is 16.7 Å². The van der Waals surface area contributed by atoms with Crippen molar-refractivity contribution in [1.29, 1.82) is 0 Å². The third-order valence-corrected chi connectivity index (χ3v) is 6.63. The van der Waals surface area contributed by atoms with E-state index >= 15 is 0 Å². The largest absolute Gasteiger partial charge is 0.454 e. The number of ether oxygens (including phenoxy) is 2. The van der Waals surface area contributed by atoms with Gasteiger partial charge in [-0.25, -0.2) is 28.5 Å². The van der Waals surface area contributed by atoms with Crippen LogP contribution in [0.15, 0.2) is 34.7 Å². The number of sulfonamides is 1. The van der Waals surface area contributed by atoms with E-state index in [1.165, 1.54) is 29.6 Å². The Hall–Kier alpha value is -2.89. The summed E-state index contributed by atoms with van der Waals surface area (Å²) < 4.78 is 35.5. The van der Waals surface area contributed by atoms with E-state index in [-0.39, 0.29) is 6.79 Å². The molecule has 1 aliphatic heterocycles. The molecule has 1 aliphatic rings. The predicted octanol–water partition coefficient (Wildman–Crippen LogP) is 0.501. The molecule has 13 heteroatoms. The van der Waals surface area contributed by atoms with Gasteiger partial charge in [-0.15, -0.1) is 6.42 Å². The molecule has 31 heavy (non-hydrogen) atoms. The molecule has 5 N–H and O–H groups in total. The van der Waals surface area contributed by atoms with Crippen LogP contribution in [0.1, 0.15) is 19.4 Å². The lowest BCUT2D eigenvalue weighted by Gasteiger charge is -2.30. The van der Waals surface area contributed by atoms with Gasteiger partial charge in [0.2, 0.25) is 16.8 Å². The van der Waals surface area contributed by atoms with Crippen LogP contribution in [0.4, 0.5) is 0 Å². The summed E-state index contributed by atoms with van der Waals surface area (Å²) in [6.07, 6.45) is 8.63. The van der Waals surface area contributed by atoms with Crippen molar-refractivity contribution in [2.24, 2.45) is 10.9 Å². The summed E-state index contributed by atoms with van der Waals surface area (Å²) in [5.41, 5.74) is 7.82. The van der Waals surface area contributed by atoms with Crippen LogP contribution in [-0.4, -0.2) is 40.1 Å². The highest BCUT2D eigenvalue weighted by molar-refractivity contribution is 7.99. The number of nitrogens with two attached hydrogens (primary N) is 2. The van der Waals surface area contributed by atoms with Gasteiger partial charge in [-0.05, 0) is 31.7 Å². The zero-order valence-electron chi connectivity index (χ0n) is 16.6. The van der Waals surface area contributed by atoms with Crippen LogP contribution in [0.3, 0.4) is 0 Å². The molecule has 4 rings (SSSR count). The lowest BCUT2D eigenvalue weighted by atomic mass is 10.2.